The predicted octanol–water partition coefficient (Wildman–Crippen LogP) is -2.20. The zero-order chi connectivity index (χ0) is 36.2. The molecule has 7 amide bonds. The van der Waals surface area contributed by atoms with Crippen LogP contribution in [-0.4, -0.2) is 108 Å². The van der Waals surface area contributed by atoms with Crippen LogP contribution in [0.3, 0.4) is 0 Å². The molecule has 1 aliphatic rings. The minimum absolute atomic E-state index is 0.0462. The van der Waals surface area contributed by atoms with E-state index in [4.69, 9.17) is 11.5 Å². The average Bonchev–Trinajstić information content (AvgIpc) is 3.40. The summed E-state index contributed by atoms with van der Waals surface area (Å²) in [6.07, 6.45) is 2.59. The van der Waals surface area contributed by atoms with Crippen LogP contribution in [0.15, 0.2) is 30.3 Å². The Morgan fingerprint density at radius 1 is 0.694 bits per heavy atom. The third-order valence-corrected chi connectivity index (χ3v) is 7.68. The molecule has 0 aromatic heterocycles. The van der Waals surface area contributed by atoms with Gasteiger partial charge in [-0.15, -0.1) is 0 Å². The zero-order valence-corrected chi connectivity index (χ0v) is 27.5. The van der Waals surface area contributed by atoms with E-state index < -0.39 is 66.7 Å². The largest absolute Gasteiger partial charge is 0.480 e. The highest BCUT2D eigenvalue weighted by atomic mass is 16.4. The number of likely N-dealkylation sites (tertiary alicyclic amines) is 1. The molecular weight excluding hydrogens is 640 g/mol. The van der Waals surface area contributed by atoms with Gasteiger partial charge in [0.15, 0.2) is 0 Å². The lowest BCUT2D eigenvalue weighted by Gasteiger charge is -2.21. The van der Waals surface area contributed by atoms with Gasteiger partial charge in [0.1, 0.15) is 18.1 Å². The van der Waals surface area contributed by atoms with E-state index in [2.05, 4.69) is 26.6 Å². The average molecular weight is 689 g/mol. The number of carbonyl (C=O) groups is 8. The van der Waals surface area contributed by atoms with Crippen molar-refractivity contribution in [3.05, 3.63) is 35.9 Å². The second-order valence-electron chi connectivity index (χ2n) is 11.6. The fourth-order valence-electron chi connectivity index (χ4n) is 4.99. The van der Waals surface area contributed by atoms with Gasteiger partial charge >= 0.3 is 5.97 Å². The van der Waals surface area contributed by atoms with Gasteiger partial charge in [-0.05, 0) is 57.2 Å². The first-order chi connectivity index (χ1) is 23.4. The second kappa shape index (κ2) is 21.9. The van der Waals surface area contributed by atoms with Crippen molar-refractivity contribution in [3.8, 4) is 0 Å². The van der Waals surface area contributed by atoms with E-state index in [1.807, 2.05) is 0 Å². The summed E-state index contributed by atoms with van der Waals surface area (Å²) in [7, 11) is 0. The lowest BCUT2D eigenvalue weighted by molar-refractivity contribution is -0.142. The van der Waals surface area contributed by atoms with E-state index in [0.29, 0.717) is 44.3 Å². The van der Waals surface area contributed by atoms with Crippen molar-refractivity contribution in [2.24, 2.45) is 11.5 Å². The number of unbranched alkanes of at least 4 members (excludes halogenated alkanes) is 2. The standard InChI is InChI=1S/C32H48N8O9/c33-15-6-4-10-22(37-25(41)14-17-40-28(44)12-13-29(40)45)30(46)35-20-27(43)39-24(18-21-8-2-1-3-9-21)31(47)36-19-26(42)38-23(32(48)49)11-5-7-16-34/h1-3,8-9,22-24H,4-7,10-20,33-34H2,(H,35,46)(H,36,47)(H,37,41)(H,38,42)(H,39,43)(H,48,49)/t22-,23-,24-/m0/s1. The number of nitrogens with two attached hydrogens (primary N) is 2. The van der Waals surface area contributed by atoms with E-state index in [1.165, 1.54) is 0 Å². The molecule has 10 N–H and O–H groups in total. The van der Waals surface area contributed by atoms with Crippen LogP contribution in [-0.2, 0) is 44.8 Å². The molecule has 1 aliphatic heterocycles. The Morgan fingerprint density at radius 3 is 1.71 bits per heavy atom. The number of benzene rings is 1. The Hall–Kier alpha value is -4.90. The lowest BCUT2D eigenvalue weighted by atomic mass is 10.1. The fraction of sp³-hybridized carbons (Fsp3) is 0.562. The molecule has 0 unspecified atom stereocenters. The molecular formula is C32H48N8O9. The molecule has 270 valence electrons. The Kier molecular flexibility index (Phi) is 18.0. The highest BCUT2D eigenvalue weighted by Gasteiger charge is 2.30. The molecule has 1 saturated heterocycles. The Bertz CT molecular complexity index is 1290. The molecule has 1 fully saturated rings. The zero-order valence-electron chi connectivity index (χ0n) is 27.5. The van der Waals surface area contributed by atoms with E-state index in [-0.39, 0.29) is 56.9 Å². The number of nitrogens with one attached hydrogen (secondary N) is 5. The maximum absolute atomic E-state index is 13.1. The molecule has 1 heterocycles. The molecule has 49 heavy (non-hydrogen) atoms. The van der Waals surface area contributed by atoms with Gasteiger partial charge in [0.2, 0.25) is 41.4 Å². The molecule has 2 rings (SSSR count). The summed E-state index contributed by atoms with van der Waals surface area (Å²) >= 11 is 0. The van der Waals surface area contributed by atoms with Crippen LogP contribution in [0.1, 0.15) is 63.4 Å². The highest BCUT2D eigenvalue weighted by molar-refractivity contribution is 6.02. The van der Waals surface area contributed by atoms with Crippen molar-refractivity contribution in [2.45, 2.75) is 82.3 Å². The summed E-state index contributed by atoms with van der Waals surface area (Å²) in [5, 5.41) is 21.8. The molecule has 0 spiro atoms. The molecule has 1 aromatic rings. The van der Waals surface area contributed by atoms with Crippen molar-refractivity contribution >= 4 is 47.3 Å². The molecule has 0 saturated carbocycles. The first-order valence-corrected chi connectivity index (χ1v) is 16.4. The van der Waals surface area contributed by atoms with Crippen molar-refractivity contribution in [2.75, 3.05) is 32.7 Å². The normalized spacial score (nSPS) is 14.4. The molecule has 17 heteroatoms. The van der Waals surface area contributed by atoms with Crippen LogP contribution in [0.5, 0.6) is 0 Å². The topological polar surface area (TPSA) is 272 Å². The van der Waals surface area contributed by atoms with E-state index in [9.17, 15) is 43.5 Å². The number of carbonyl (C=O) groups excluding carboxylic acids is 7. The Balaban J connectivity index is 1.98. The molecule has 3 atom stereocenters. The molecule has 1 aromatic carbocycles. The minimum atomic E-state index is -1.22. The van der Waals surface area contributed by atoms with Crippen LogP contribution >= 0.6 is 0 Å². The van der Waals surface area contributed by atoms with Gasteiger partial charge in [-0.2, -0.15) is 0 Å². The van der Waals surface area contributed by atoms with Gasteiger partial charge in [0, 0.05) is 32.2 Å². The predicted molar refractivity (Wildman–Crippen MR) is 176 cm³/mol. The summed E-state index contributed by atoms with van der Waals surface area (Å²) in [5.41, 5.74) is 11.7. The van der Waals surface area contributed by atoms with E-state index in [0.717, 1.165) is 4.90 Å². The van der Waals surface area contributed by atoms with Crippen LogP contribution in [0.2, 0.25) is 0 Å². The van der Waals surface area contributed by atoms with E-state index in [1.54, 1.807) is 30.3 Å². The third-order valence-electron chi connectivity index (χ3n) is 7.68. The van der Waals surface area contributed by atoms with Crippen LogP contribution in [0.4, 0.5) is 0 Å². The molecule has 0 bridgehead atoms. The number of nitrogens with zero attached hydrogens (tertiary/aromatic N) is 1. The third kappa shape index (κ3) is 15.2. The van der Waals surface area contributed by atoms with Crippen molar-refractivity contribution in [3.63, 3.8) is 0 Å². The van der Waals surface area contributed by atoms with Gasteiger partial charge < -0.3 is 43.2 Å². The molecule has 17 nitrogen and oxygen atoms in total. The van der Waals surface area contributed by atoms with Gasteiger partial charge in [0.05, 0.1) is 13.1 Å². The van der Waals surface area contributed by atoms with Crippen molar-refractivity contribution in [1.82, 2.24) is 31.5 Å². The lowest BCUT2D eigenvalue weighted by Crippen LogP contribution is -2.54. The maximum Gasteiger partial charge on any atom is 0.326 e. The van der Waals surface area contributed by atoms with Gasteiger partial charge in [-0.1, -0.05) is 30.3 Å². The number of carboxylic acid groups (broad SMARTS) is 1. The van der Waals surface area contributed by atoms with Gasteiger partial charge in [0.25, 0.3) is 0 Å². The quantitative estimate of drug-likeness (QED) is 0.0451. The molecule has 0 radical (unpaired) electrons. The number of aliphatic carboxylic acids is 1. The first-order valence-electron chi connectivity index (χ1n) is 16.4. The SMILES string of the molecule is NCCCC[C@H](NC(=O)CNC(=O)[C@H](Cc1ccccc1)NC(=O)CNC(=O)[C@H](CCCCN)NC(=O)CCN1C(=O)CCC1=O)C(=O)O. The molecule has 0 aliphatic carbocycles. The summed E-state index contributed by atoms with van der Waals surface area (Å²) in [5.74, 6) is -5.31. The monoisotopic (exact) mass is 688 g/mol. The summed E-state index contributed by atoms with van der Waals surface area (Å²) in [6.45, 7) is -0.438. The van der Waals surface area contributed by atoms with Crippen LogP contribution in [0.25, 0.3) is 0 Å². The summed E-state index contributed by atoms with van der Waals surface area (Å²) < 4.78 is 0. The fourth-order valence-corrected chi connectivity index (χ4v) is 4.99. The van der Waals surface area contributed by atoms with Crippen molar-refractivity contribution < 1.29 is 43.5 Å². The number of hydrogen-bond acceptors (Lipinski definition) is 10. The van der Waals surface area contributed by atoms with Gasteiger partial charge in [-0.25, -0.2) is 4.79 Å². The highest BCUT2D eigenvalue weighted by Crippen LogP contribution is 2.12. The number of imide groups is 1. The Labute approximate surface area is 284 Å². The number of amides is 7. The maximum atomic E-state index is 13.1. The Morgan fingerprint density at radius 2 is 1.18 bits per heavy atom. The summed E-state index contributed by atoms with van der Waals surface area (Å²) in [6, 6.07) is 5.42. The van der Waals surface area contributed by atoms with Gasteiger partial charge in [-0.3, -0.25) is 38.5 Å². The first kappa shape index (κ1) is 40.3. The smallest absolute Gasteiger partial charge is 0.326 e. The number of hydrogen-bond donors (Lipinski definition) is 8. The number of carboxylic acids is 1. The second-order valence-corrected chi connectivity index (χ2v) is 11.6. The van der Waals surface area contributed by atoms with Crippen LogP contribution < -0.4 is 38.1 Å². The van der Waals surface area contributed by atoms with Crippen LogP contribution in [0, 0.1) is 0 Å². The summed E-state index contributed by atoms with van der Waals surface area (Å²) in [4.78, 5) is 100. The minimum Gasteiger partial charge on any atom is -0.480 e. The van der Waals surface area contributed by atoms with E-state index >= 15 is 0 Å². The van der Waals surface area contributed by atoms with Crippen molar-refractivity contribution in [1.29, 1.82) is 0 Å². The number of rotatable bonds is 23.